The first-order valence-electron chi connectivity index (χ1n) is 5.83. The fourth-order valence-corrected chi connectivity index (χ4v) is 2.35. The molecule has 1 aromatic rings. The summed E-state index contributed by atoms with van der Waals surface area (Å²) in [6.45, 7) is 5.20. The topological polar surface area (TPSA) is 39.1 Å². The standard InChI is InChI=1S/C13H17N3/c1-2-16(12-7-8-15-10-12)13-6-4-3-5-11(13)9-14/h3-6,12,15H,2,7-8,10H2,1H3. The van der Waals surface area contributed by atoms with Crippen molar-refractivity contribution in [2.45, 2.75) is 19.4 Å². The maximum Gasteiger partial charge on any atom is 0.101 e. The molecule has 1 N–H and O–H groups in total. The Morgan fingerprint density at radius 3 is 2.94 bits per heavy atom. The van der Waals surface area contributed by atoms with Gasteiger partial charge in [-0.05, 0) is 32.0 Å². The van der Waals surface area contributed by atoms with E-state index in [4.69, 9.17) is 5.26 Å². The number of anilines is 1. The molecule has 1 saturated heterocycles. The molecular weight excluding hydrogens is 198 g/mol. The van der Waals surface area contributed by atoms with Gasteiger partial charge in [0, 0.05) is 19.1 Å². The van der Waals surface area contributed by atoms with Gasteiger partial charge in [0.15, 0.2) is 0 Å². The van der Waals surface area contributed by atoms with E-state index in [0.29, 0.717) is 6.04 Å². The van der Waals surface area contributed by atoms with Crippen LogP contribution in [0.2, 0.25) is 0 Å². The highest BCUT2D eigenvalue weighted by molar-refractivity contribution is 5.59. The van der Waals surface area contributed by atoms with Gasteiger partial charge in [-0.2, -0.15) is 5.26 Å². The van der Waals surface area contributed by atoms with E-state index >= 15 is 0 Å². The molecule has 1 aliphatic heterocycles. The molecule has 1 fully saturated rings. The van der Waals surface area contributed by atoms with Crippen molar-refractivity contribution in [1.82, 2.24) is 5.32 Å². The van der Waals surface area contributed by atoms with Crippen LogP contribution >= 0.6 is 0 Å². The number of hydrogen-bond donors (Lipinski definition) is 1. The molecule has 2 rings (SSSR count). The molecule has 1 heterocycles. The van der Waals surface area contributed by atoms with E-state index in [1.807, 2.05) is 24.3 Å². The third-order valence-electron chi connectivity index (χ3n) is 3.15. The van der Waals surface area contributed by atoms with Gasteiger partial charge in [0.2, 0.25) is 0 Å². The largest absolute Gasteiger partial charge is 0.366 e. The van der Waals surface area contributed by atoms with Crippen LogP contribution in [-0.2, 0) is 0 Å². The molecule has 3 heteroatoms. The highest BCUT2D eigenvalue weighted by Crippen LogP contribution is 2.23. The van der Waals surface area contributed by atoms with E-state index in [1.54, 1.807) is 0 Å². The number of nitrogens with zero attached hydrogens (tertiary/aromatic N) is 2. The Labute approximate surface area is 96.7 Å². The fraction of sp³-hybridized carbons (Fsp3) is 0.462. The lowest BCUT2D eigenvalue weighted by atomic mass is 10.1. The Bertz CT molecular complexity index is 388. The van der Waals surface area contributed by atoms with Crippen molar-refractivity contribution in [3.05, 3.63) is 29.8 Å². The Balaban J connectivity index is 2.29. The second-order valence-corrected chi connectivity index (χ2v) is 4.06. The van der Waals surface area contributed by atoms with Crippen molar-refractivity contribution in [2.75, 3.05) is 24.5 Å². The van der Waals surface area contributed by atoms with Gasteiger partial charge in [0.1, 0.15) is 6.07 Å². The molecule has 3 nitrogen and oxygen atoms in total. The molecule has 1 aromatic carbocycles. The minimum absolute atomic E-state index is 0.527. The fourth-order valence-electron chi connectivity index (χ4n) is 2.35. The predicted molar refractivity (Wildman–Crippen MR) is 65.5 cm³/mol. The molecule has 1 unspecified atom stereocenters. The van der Waals surface area contributed by atoms with E-state index < -0.39 is 0 Å². The predicted octanol–water partition coefficient (Wildman–Crippen LogP) is 1.75. The monoisotopic (exact) mass is 215 g/mol. The van der Waals surface area contributed by atoms with E-state index in [-0.39, 0.29) is 0 Å². The van der Waals surface area contributed by atoms with E-state index in [2.05, 4.69) is 23.2 Å². The maximum atomic E-state index is 9.11. The lowest BCUT2D eigenvalue weighted by Gasteiger charge is -2.30. The Kier molecular flexibility index (Phi) is 3.43. The van der Waals surface area contributed by atoms with Crippen LogP contribution in [0.5, 0.6) is 0 Å². The van der Waals surface area contributed by atoms with Crippen LogP contribution in [0.4, 0.5) is 5.69 Å². The molecule has 84 valence electrons. The van der Waals surface area contributed by atoms with Crippen LogP contribution in [0.15, 0.2) is 24.3 Å². The molecule has 0 radical (unpaired) electrons. The lowest BCUT2D eigenvalue weighted by Crippen LogP contribution is -2.37. The number of likely N-dealkylation sites (N-methyl/N-ethyl adjacent to an activating group) is 1. The van der Waals surface area contributed by atoms with Crippen LogP contribution in [0.25, 0.3) is 0 Å². The zero-order valence-corrected chi connectivity index (χ0v) is 9.61. The van der Waals surface area contributed by atoms with Gasteiger partial charge >= 0.3 is 0 Å². The molecule has 0 amide bonds. The molecular formula is C13H17N3. The second-order valence-electron chi connectivity index (χ2n) is 4.06. The van der Waals surface area contributed by atoms with E-state index in [1.165, 1.54) is 0 Å². The molecule has 0 aromatic heterocycles. The number of para-hydroxylation sites is 1. The quantitative estimate of drug-likeness (QED) is 0.835. The summed E-state index contributed by atoms with van der Waals surface area (Å²) in [6.07, 6.45) is 1.16. The minimum Gasteiger partial charge on any atom is -0.366 e. The van der Waals surface area contributed by atoms with Gasteiger partial charge in [-0.25, -0.2) is 0 Å². The van der Waals surface area contributed by atoms with Crippen molar-refractivity contribution < 1.29 is 0 Å². The maximum absolute atomic E-state index is 9.11. The summed E-state index contributed by atoms with van der Waals surface area (Å²) in [5.74, 6) is 0. The first-order valence-corrected chi connectivity index (χ1v) is 5.83. The molecule has 0 saturated carbocycles. The minimum atomic E-state index is 0.527. The summed E-state index contributed by atoms with van der Waals surface area (Å²) in [5.41, 5.74) is 1.84. The smallest absolute Gasteiger partial charge is 0.101 e. The van der Waals surface area contributed by atoms with Crippen molar-refractivity contribution in [1.29, 1.82) is 5.26 Å². The van der Waals surface area contributed by atoms with Crippen LogP contribution in [-0.4, -0.2) is 25.7 Å². The van der Waals surface area contributed by atoms with Gasteiger partial charge in [-0.15, -0.1) is 0 Å². The second kappa shape index (κ2) is 5.00. The number of nitrogens with one attached hydrogen (secondary N) is 1. The summed E-state index contributed by atoms with van der Waals surface area (Å²) in [7, 11) is 0. The number of nitriles is 1. The third kappa shape index (κ3) is 2.02. The summed E-state index contributed by atoms with van der Waals surface area (Å²) in [6, 6.07) is 10.7. The average molecular weight is 215 g/mol. The zero-order chi connectivity index (χ0) is 11.4. The van der Waals surface area contributed by atoms with Gasteiger partial charge in [-0.1, -0.05) is 12.1 Å². The van der Waals surface area contributed by atoms with Gasteiger partial charge in [-0.3, -0.25) is 0 Å². The lowest BCUT2D eigenvalue weighted by molar-refractivity contribution is 0.647. The van der Waals surface area contributed by atoms with Gasteiger partial charge < -0.3 is 10.2 Å². The highest BCUT2D eigenvalue weighted by Gasteiger charge is 2.22. The Morgan fingerprint density at radius 2 is 2.31 bits per heavy atom. The Morgan fingerprint density at radius 1 is 1.50 bits per heavy atom. The van der Waals surface area contributed by atoms with Crippen molar-refractivity contribution >= 4 is 5.69 Å². The summed E-state index contributed by atoms with van der Waals surface area (Å²) >= 11 is 0. The van der Waals surface area contributed by atoms with E-state index in [9.17, 15) is 0 Å². The number of hydrogen-bond acceptors (Lipinski definition) is 3. The summed E-state index contributed by atoms with van der Waals surface area (Å²) < 4.78 is 0. The zero-order valence-electron chi connectivity index (χ0n) is 9.61. The van der Waals surface area contributed by atoms with Crippen molar-refractivity contribution in [3.8, 4) is 6.07 Å². The normalized spacial score (nSPS) is 19.4. The number of benzene rings is 1. The molecule has 0 aliphatic carbocycles. The Hall–Kier alpha value is -1.53. The highest BCUT2D eigenvalue weighted by atomic mass is 15.2. The van der Waals surface area contributed by atoms with Gasteiger partial charge in [0.25, 0.3) is 0 Å². The van der Waals surface area contributed by atoms with Crippen LogP contribution in [0.1, 0.15) is 18.9 Å². The molecule has 0 bridgehead atoms. The first-order chi connectivity index (χ1) is 7.86. The SMILES string of the molecule is CCN(c1ccccc1C#N)C1CCNC1. The molecule has 1 aliphatic rings. The molecule has 0 spiro atoms. The summed E-state index contributed by atoms with van der Waals surface area (Å²) in [4.78, 5) is 2.33. The van der Waals surface area contributed by atoms with E-state index in [0.717, 1.165) is 37.3 Å². The average Bonchev–Trinajstić information content (AvgIpc) is 2.84. The van der Waals surface area contributed by atoms with Crippen molar-refractivity contribution in [2.24, 2.45) is 0 Å². The summed E-state index contributed by atoms with van der Waals surface area (Å²) in [5, 5.41) is 12.5. The van der Waals surface area contributed by atoms with Crippen molar-refractivity contribution in [3.63, 3.8) is 0 Å². The third-order valence-corrected chi connectivity index (χ3v) is 3.15. The van der Waals surface area contributed by atoms with Gasteiger partial charge in [0.05, 0.1) is 11.3 Å². The molecule has 16 heavy (non-hydrogen) atoms. The van der Waals surface area contributed by atoms with Crippen LogP contribution in [0, 0.1) is 11.3 Å². The number of rotatable bonds is 3. The van der Waals surface area contributed by atoms with Crippen LogP contribution in [0.3, 0.4) is 0 Å². The first kappa shape index (κ1) is 11.0. The molecule has 1 atom stereocenters. The van der Waals surface area contributed by atoms with Crippen LogP contribution < -0.4 is 10.2 Å².